The van der Waals surface area contributed by atoms with Crippen molar-refractivity contribution in [3.63, 3.8) is 0 Å². The van der Waals surface area contributed by atoms with Crippen molar-refractivity contribution in [1.82, 2.24) is 0 Å². The first-order valence-corrected chi connectivity index (χ1v) is 10.9. The number of ether oxygens (including phenoxy) is 1. The van der Waals surface area contributed by atoms with Crippen molar-refractivity contribution in [1.29, 1.82) is 0 Å². The van der Waals surface area contributed by atoms with Gasteiger partial charge in [0, 0.05) is 12.4 Å². The number of rotatable bonds is 9. The normalized spacial score (nSPS) is 11.8. The molecule has 2 nitrogen and oxygen atoms in total. The number of hydrogen-bond donors (Lipinski definition) is 1. The van der Waals surface area contributed by atoms with Crippen molar-refractivity contribution in [3.05, 3.63) is 102 Å². The molecule has 0 amide bonds. The Morgan fingerprint density at radius 3 is 1.93 bits per heavy atom. The fourth-order valence-electron chi connectivity index (χ4n) is 3.25. The van der Waals surface area contributed by atoms with Gasteiger partial charge in [-0.2, -0.15) is 11.8 Å². The molecule has 0 aliphatic carbocycles. The highest BCUT2D eigenvalue weighted by Gasteiger charge is 2.14. The molecule has 0 spiro atoms. The summed E-state index contributed by atoms with van der Waals surface area (Å²) in [7, 11) is 0. The van der Waals surface area contributed by atoms with Gasteiger partial charge in [0.1, 0.15) is 5.75 Å². The number of benzene rings is 3. The highest BCUT2D eigenvalue weighted by Crippen LogP contribution is 2.34. The molecule has 0 heterocycles. The number of aliphatic hydroxyl groups excluding tert-OH is 1. The van der Waals surface area contributed by atoms with Crippen LogP contribution in [0.5, 0.6) is 5.75 Å². The Bertz CT molecular complexity index is 871. The van der Waals surface area contributed by atoms with Gasteiger partial charge in [0.2, 0.25) is 0 Å². The van der Waals surface area contributed by atoms with Crippen LogP contribution in [0, 0.1) is 0 Å². The number of thioether (sulfide) groups is 1. The Hall–Kier alpha value is -2.49. The van der Waals surface area contributed by atoms with Crippen molar-refractivity contribution in [3.8, 4) is 5.75 Å². The monoisotopic (exact) mass is 390 g/mol. The average Bonchev–Trinajstić information content (AvgIpc) is 2.76. The van der Waals surface area contributed by atoms with Crippen molar-refractivity contribution < 1.29 is 9.84 Å². The standard InChI is InChI=1S/C25H26O2S/c1-28-19-18-27-23-14-12-22(13-15-23)25(21-10-6-3-7-11-21)24(16-17-26)20-8-4-2-5-9-20/h2-15,26H,16-19H2,1H3. The summed E-state index contributed by atoms with van der Waals surface area (Å²) in [6.07, 6.45) is 2.68. The Kier molecular flexibility index (Phi) is 7.77. The quantitative estimate of drug-likeness (QED) is 0.371. The lowest BCUT2D eigenvalue weighted by Crippen LogP contribution is -2.00. The second-order valence-corrected chi connectivity index (χ2v) is 7.41. The van der Waals surface area contributed by atoms with E-state index in [1.165, 1.54) is 0 Å². The van der Waals surface area contributed by atoms with Crippen LogP contribution in [-0.4, -0.2) is 30.3 Å². The van der Waals surface area contributed by atoms with Gasteiger partial charge in [-0.3, -0.25) is 0 Å². The summed E-state index contributed by atoms with van der Waals surface area (Å²) in [5.74, 6) is 1.86. The van der Waals surface area contributed by atoms with Crippen molar-refractivity contribution >= 4 is 22.9 Å². The zero-order valence-corrected chi connectivity index (χ0v) is 17.0. The van der Waals surface area contributed by atoms with Crippen molar-refractivity contribution in [2.75, 3.05) is 25.2 Å². The van der Waals surface area contributed by atoms with E-state index in [1.54, 1.807) is 11.8 Å². The molecule has 0 aliphatic rings. The van der Waals surface area contributed by atoms with Gasteiger partial charge in [-0.1, -0.05) is 72.8 Å². The van der Waals surface area contributed by atoms with Crippen LogP contribution in [-0.2, 0) is 0 Å². The molecule has 0 aliphatic heterocycles. The van der Waals surface area contributed by atoms with E-state index in [0.717, 1.165) is 39.3 Å². The fraction of sp³-hybridized carbons (Fsp3) is 0.200. The van der Waals surface area contributed by atoms with Crippen LogP contribution in [0.25, 0.3) is 11.1 Å². The van der Waals surface area contributed by atoms with E-state index in [4.69, 9.17) is 4.74 Å². The second-order valence-electron chi connectivity index (χ2n) is 6.42. The summed E-state index contributed by atoms with van der Waals surface area (Å²) in [5.41, 5.74) is 5.69. The summed E-state index contributed by atoms with van der Waals surface area (Å²) in [4.78, 5) is 0. The molecule has 0 radical (unpaired) electrons. The minimum atomic E-state index is 0.108. The number of aliphatic hydroxyl groups is 1. The van der Waals surface area contributed by atoms with Crippen LogP contribution in [0.3, 0.4) is 0 Å². The molecule has 144 valence electrons. The summed E-state index contributed by atoms with van der Waals surface area (Å²) < 4.78 is 5.80. The lowest BCUT2D eigenvalue weighted by atomic mass is 9.88. The van der Waals surface area contributed by atoms with Gasteiger partial charge in [-0.05, 0) is 52.6 Å². The first kappa shape index (κ1) is 20.2. The Balaban J connectivity index is 2.07. The molecule has 3 aromatic rings. The first-order valence-electron chi connectivity index (χ1n) is 9.50. The smallest absolute Gasteiger partial charge is 0.119 e. The molecular weight excluding hydrogens is 364 g/mol. The SMILES string of the molecule is CSCCOc1ccc(C(=C(CCO)c2ccccc2)c2ccccc2)cc1. The summed E-state index contributed by atoms with van der Waals surface area (Å²) >= 11 is 1.78. The molecule has 28 heavy (non-hydrogen) atoms. The van der Waals surface area contributed by atoms with Crippen LogP contribution in [0.4, 0.5) is 0 Å². The molecule has 0 fully saturated rings. The Morgan fingerprint density at radius 1 is 0.786 bits per heavy atom. The van der Waals surface area contributed by atoms with Crippen LogP contribution in [0.1, 0.15) is 23.1 Å². The van der Waals surface area contributed by atoms with Gasteiger partial charge < -0.3 is 9.84 Å². The van der Waals surface area contributed by atoms with Crippen LogP contribution in [0.15, 0.2) is 84.9 Å². The van der Waals surface area contributed by atoms with E-state index in [-0.39, 0.29) is 6.61 Å². The molecule has 0 atom stereocenters. The molecule has 3 rings (SSSR count). The molecule has 0 bridgehead atoms. The molecule has 1 N–H and O–H groups in total. The highest BCUT2D eigenvalue weighted by molar-refractivity contribution is 7.98. The Labute approximate surface area is 171 Å². The predicted molar refractivity (Wildman–Crippen MR) is 121 cm³/mol. The zero-order chi connectivity index (χ0) is 19.6. The van der Waals surface area contributed by atoms with E-state index in [0.29, 0.717) is 13.0 Å². The maximum atomic E-state index is 9.75. The van der Waals surface area contributed by atoms with Crippen molar-refractivity contribution in [2.45, 2.75) is 6.42 Å². The van der Waals surface area contributed by atoms with Crippen LogP contribution < -0.4 is 4.74 Å². The topological polar surface area (TPSA) is 29.5 Å². The third-order valence-electron chi connectivity index (χ3n) is 4.55. The molecule has 0 aromatic heterocycles. The predicted octanol–water partition coefficient (Wildman–Crippen LogP) is 5.77. The summed E-state index contributed by atoms with van der Waals surface area (Å²) in [6.45, 7) is 0.818. The van der Waals surface area contributed by atoms with Crippen molar-refractivity contribution in [2.24, 2.45) is 0 Å². The highest BCUT2D eigenvalue weighted by atomic mass is 32.2. The molecule has 3 heteroatoms. The number of hydrogen-bond acceptors (Lipinski definition) is 3. The first-order chi connectivity index (χ1) is 13.8. The van der Waals surface area contributed by atoms with E-state index >= 15 is 0 Å². The molecule has 0 unspecified atom stereocenters. The minimum Gasteiger partial charge on any atom is -0.493 e. The summed E-state index contributed by atoms with van der Waals surface area (Å²) in [5, 5.41) is 9.75. The second kappa shape index (κ2) is 10.7. The van der Waals surface area contributed by atoms with E-state index in [2.05, 4.69) is 54.8 Å². The minimum absolute atomic E-state index is 0.108. The average molecular weight is 391 g/mol. The zero-order valence-electron chi connectivity index (χ0n) is 16.2. The van der Waals surface area contributed by atoms with Crippen LogP contribution >= 0.6 is 11.8 Å². The molecular formula is C25H26O2S. The molecule has 3 aromatic carbocycles. The third kappa shape index (κ3) is 5.28. The largest absolute Gasteiger partial charge is 0.493 e. The van der Waals surface area contributed by atoms with E-state index in [1.807, 2.05) is 36.4 Å². The van der Waals surface area contributed by atoms with Crippen LogP contribution in [0.2, 0.25) is 0 Å². The van der Waals surface area contributed by atoms with E-state index in [9.17, 15) is 5.11 Å². The Morgan fingerprint density at radius 2 is 1.36 bits per heavy atom. The van der Waals surface area contributed by atoms with Gasteiger partial charge in [-0.25, -0.2) is 0 Å². The van der Waals surface area contributed by atoms with Gasteiger partial charge >= 0.3 is 0 Å². The van der Waals surface area contributed by atoms with E-state index < -0.39 is 0 Å². The lowest BCUT2D eigenvalue weighted by molar-refractivity contribution is 0.305. The maximum Gasteiger partial charge on any atom is 0.119 e. The summed E-state index contributed by atoms with van der Waals surface area (Å²) in [6, 6.07) is 29.0. The third-order valence-corrected chi connectivity index (χ3v) is 5.12. The fourth-order valence-corrected chi connectivity index (χ4v) is 3.50. The lowest BCUT2D eigenvalue weighted by Gasteiger charge is -2.17. The molecule has 0 saturated carbocycles. The van der Waals surface area contributed by atoms with Gasteiger partial charge in [-0.15, -0.1) is 0 Å². The molecule has 0 saturated heterocycles. The maximum absolute atomic E-state index is 9.75. The van der Waals surface area contributed by atoms with Gasteiger partial charge in [0.05, 0.1) is 6.61 Å². The van der Waals surface area contributed by atoms with Gasteiger partial charge in [0.15, 0.2) is 0 Å². The van der Waals surface area contributed by atoms with Gasteiger partial charge in [0.25, 0.3) is 0 Å².